The van der Waals surface area contributed by atoms with E-state index in [2.05, 4.69) is 36.5 Å². The molecule has 2 aromatic rings. The first-order chi connectivity index (χ1) is 12.1. The minimum atomic E-state index is -0.479. The molecule has 1 atom stereocenters. The Balaban J connectivity index is 1.75. The van der Waals surface area contributed by atoms with Crippen molar-refractivity contribution in [2.24, 2.45) is 0 Å². The maximum atomic E-state index is 12.3. The van der Waals surface area contributed by atoms with Crippen LogP contribution in [0.15, 0.2) is 48.5 Å². The summed E-state index contributed by atoms with van der Waals surface area (Å²) in [6.07, 6.45) is 2.01. The van der Waals surface area contributed by atoms with Crippen LogP contribution in [0.4, 0.5) is 0 Å². The second-order valence-electron chi connectivity index (χ2n) is 6.07. The lowest BCUT2D eigenvalue weighted by atomic mass is 10.1. The van der Waals surface area contributed by atoms with E-state index in [1.165, 1.54) is 11.1 Å². The molecule has 4 heteroatoms. The summed E-state index contributed by atoms with van der Waals surface area (Å²) in [6, 6.07) is 15.8. The van der Waals surface area contributed by atoms with Crippen LogP contribution in [-0.2, 0) is 11.2 Å². The van der Waals surface area contributed by atoms with Crippen LogP contribution < -0.4 is 14.8 Å². The van der Waals surface area contributed by atoms with Gasteiger partial charge < -0.3 is 14.8 Å². The molecule has 0 aliphatic carbocycles. The third-order valence-electron chi connectivity index (χ3n) is 4.06. The predicted octanol–water partition coefficient (Wildman–Crippen LogP) is 3.91. The largest absolute Gasteiger partial charge is 0.497 e. The maximum Gasteiger partial charge on any atom is 0.261 e. The molecule has 0 fully saturated rings. The van der Waals surface area contributed by atoms with Crippen LogP contribution in [0, 0.1) is 6.92 Å². The van der Waals surface area contributed by atoms with Crippen LogP contribution in [0.5, 0.6) is 11.5 Å². The van der Waals surface area contributed by atoms with Crippen LogP contribution >= 0.6 is 0 Å². The van der Waals surface area contributed by atoms with Crippen molar-refractivity contribution < 1.29 is 14.3 Å². The Morgan fingerprint density at radius 3 is 2.28 bits per heavy atom. The van der Waals surface area contributed by atoms with Crippen molar-refractivity contribution in [3.05, 3.63) is 59.7 Å². The smallest absolute Gasteiger partial charge is 0.261 e. The van der Waals surface area contributed by atoms with Crippen molar-refractivity contribution in [3.8, 4) is 11.5 Å². The van der Waals surface area contributed by atoms with Gasteiger partial charge in [0.1, 0.15) is 11.5 Å². The van der Waals surface area contributed by atoms with Crippen molar-refractivity contribution in [1.82, 2.24) is 5.32 Å². The molecule has 2 aromatic carbocycles. The molecule has 4 nitrogen and oxygen atoms in total. The number of rotatable bonds is 9. The summed E-state index contributed by atoms with van der Waals surface area (Å²) in [6.45, 7) is 4.67. The molecule has 0 bridgehead atoms. The molecule has 0 heterocycles. The van der Waals surface area contributed by atoms with Gasteiger partial charge in [-0.15, -0.1) is 0 Å². The minimum absolute atomic E-state index is 0.0674. The van der Waals surface area contributed by atoms with E-state index in [1.807, 2.05) is 31.2 Å². The first-order valence-electron chi connectivity index (χ1n) is 8.76. The molecule has 0 aliphatic heterocycles. The van der Waals surface area contributed by atoms with Gasteiger partial charge in [-0.2, -0.15) is 0 Å². The number of ether oxygens (including phenoxy) is 2. The van der Waals surface area contributed by atoms with E-state index in [0.29, 0.717) is 18.7 Å². The normalized spacial score (nSPS) is 11.6. The summed E-state index contributed by atoms with van der Waals surface area (Å²) in [5.41, 5.74) is 2.56. The summed E-state index contributed by atoms with van der Waals surface area (Å²) in [5, 5.41) is 2.97. The van der Waals surface area contributed by atoms with Gasteiger partial charge in [-0.3, -0.25) is 4.79 Å². The van der Waals surface area contributed by atoms with Crippen LogP contribution in [0.1, 0.15) is 30.9 Å². The zero-order valence-corrected chi connectivity index (χ0v) is 15.2. The highest BCUT2D eigenvalue weighted by atomic mass is 16.5. The minimum Gasteiger partial charge on any atom is -0.497 e. The van der Waals surface area contributed by atoms with Crippen LogP contribution in [0.25, 0.3) is 0 Å². The van der Waals surface area contributed by atoms with E-state index < -0.39 is 6.10 Å². The molecule has 1 unspecified atom stereocenters. The van der Waals surface area contributed by atoms with Gasteiger partial charge in [0.15, 0.2) is 6.10 Å². The molecule has 0 saturated carbocycles. The Morgan fingerprint density at radius 1 is 1.04 bits per heavy atom. The highest BCUT2D eigenvalue weighted by Gasteiger charge is 2.17. The Bertz CT molecular complexity index is 650. The highest BCUT2D eigenvalue weighted by molar-refractivity contribution is 5.81. The molecule has 0 spiro atoms. The fraction of sp³-hybridized carbons (Fsp3) is 0.381. The average Bonchev–Trinajstić information content (AvgIpc) is 2.65. The standard InChI is InChI=1S/C21H27NO3/c1-4-20(25-19-13-11-18(24-3)12-14-19)21(23)22-15-5-6-17-9-7-16(2)8-10-17/h7-14,20H,4-6,15H2,1-3H3,(H,22,23). The Labute approximate surface area is 150 Å². The lowest BCUT2D eigenvalue weighted by molar-refractivity contribution is -0.128. The number of methoxy groups -OCH3 is 1. The molecule has 25 heavy (non-hydrogen) atoms. The Kier molecular flexibility index (Phi) is 7.33. The van der Waals surface area contributed by atoms with Crippen molar-refractivity contribution in [2.45, 2.75) is 39.2 Å². The lowest BCUT2D eigenvalue weighted by Crippen LogP contribution is -2.38. The SMILES string of the molecule is CCC(Oc1ccc(OC)cc1)C(=O)NCCCc1ccc(C)cc1. The quantitative estimate of drug-likeness (QED) is 0.704. The highest BCUT2D eigenvalue weighted by Crippen LogP contribution is 2.19. The molecule has 1 N–H and O–H groups in total. The van der Waals surface area contributed by atoms with Crippen LogP contribution in [0.2, 0.25) is 0 Å². The Morgan fingerprint density at radius 2 is 1.68 bits per heavy atom. The number of carbonyl (C=O) groups excluding carboxylic acids is 1. The molecule has 2 rings (SSSR count). The fourth-order valence-corrected chi connectivity index (χ4v) is 2.51. The zero-order valence-electron chi connectivity index (χ0n) is 15.2. The Hall–Kier alpha value is -2.49. The number of benzene rings is 2. The average molecular weight is 341 g/mol. The van der Waals surface area contributed by atoms with Crippen molar-refractivity contribution in [3.63, 3.8) is 0 Å². The summed E-state index contributed by atoms with van der Waals surface area (Å²) >= 11 is 0. The summed E-state index contributed by atoms with van der Waals surface area (Å²) < 4.78 is 10.9. The van der Waals surface area contributed by atoms with E-state index in [0.717, 1.165) is 18.6 Å². The van der Waals surface area contributed by atoms with Crippen molar-refractivity contribution >= 4 is 5.91 Å². The molecular weight excluding hydrogens is 314 g/mol. The molecule has 0 aliphatic rings. The van der Waals surface area contributed by atoms with Crippen molar-refractivity contribution in [1.29, 1.82) is 0 Å². The van der Waals surface area contributed by atoms with E-state index in [-0.39, 0.29) is 5.91 Å². The second kappa shape index (κ2) is 9.72. The third kappa shape index (κ3) is 6.14. The molecule has 1 amide bonds. The maximum absolute atomic E-state index is 12.3. The predicted molar refractivity (Wildman–Crippen MR) is 100 cm³/mol. The molecule has 0 saturated heterocycles. The summed E-state index contributed by atoms with van der Waals surface area (Å²) in [7, 11) is 1.62. The first kappa shape index (κ1) is 18.8. The van der Waals surface area contributed by atoms with Gasteiger partial charge in [-0.25, -0.2) is 0 Å². The van der Waals surface area contributed by atoms with Gasteiger partial charge in [0.2, 0.25) is 0 Å². The molecule has 0 aromatic heterocycles. The van der Waals surface area contributed by atoms with Gasteiger partial charge in [0.25, 0.3) is 5.91 Å². The number of nitrogens with one attached hydrogen (secondary N) is 1. The second-order valence-corrected chi connectivity index (χ2v) is 6.07. The first-order valence-corrected chi connectivity index (χ1v) is 8.76. The summed E-state index contributed by atoms with van der Waals surface area (Å²) in [4.78, 5) is 12.3. The molecular formula is C21H27NO3. The third-order valence-corrected chi connectivity index (χ3v) is 4.06. The lowest BCUT2D eigenvalue weighted by Gasteiger charge is -2.17. The number of carbonyl (C=O) groups is 1. The zero-order chi connectivity index (χ0) is 18.1. The van der Waals surface area contributed by atoms with E-state index in [1.54, 1.807) is 7.11 Å². The van der Waals surface area contributed by atoms with E-state index >= 15 is 0 Å². The number of aryl methyl sites for hydroxylation is 2. The van der Waals surface area contributed by atoms with Crippen molar-refractivity contribution in [2.75, 3.05) is 13.7 Å². The molecule has 134 valence electrons. The molecule has 0 radical (unpaired) electrons. The fourth-order valence-electron chi connectivity index (χ4n) is 2.51. The number of amides is 1. The van der Waals surface area contributed by atoms with Crippen LogP contribution in [-0.4, -0.2) is 25.7 Å². The van der Waals surface area contributed by atoms with E-state index in [4.69, 9.17) is 9.47 Å². The monoisotopic (exact) mass is 341 g/mol. The van der Waals surface area contributed by atoms with Gasteiger partial charge in [0, 0.05) is 6.54 Å². The van der Waals surface area contributed by atoms with Gasteiger partial charge in [0.05, 0.1) is 7.11 Å². The van der Waals surface area contributed by atoms with Gasteiger partial charge in [-0.05, 0) is 56.0 Å². The summed E-state index contributed by atoms with van der Waals surface area (Å²) in [5.74, 6) is 1.37. The van der Waals surface area contributed by atoms with Gasteiger partial charge in [-0.1, -0.05) is 36.8 Å². The van der Waals surface area contributed by atoms with E-state index in [9.17, 15) is 4.79 Å². The van der Waals surface area contributed by atoms with Gasteiger partial charge >= 0.3 is 0 Å². The van der Waals surface area contributed by atoms with Crippen LogP contribution in [0.3, 0.4) is 0 Å². The number of hydrogen-bond donors (Lipinski definition) is 1. The topological polar surface area (TPSA) is 47.6 Å². The number of hydrogen-bond acceptors (Lipinski definition) is 3.